The van der Waals surface area contributed by atoms with Crippen LogP contribution in [0.1, 0.15) is 33.6 Å². The molecule has 0 saturated carbocycles. The summed E-state index contributed by atoms with van der Waals surface area (Å²) in [5.74, 6) is 0. The first kappa shape index (κ1) is 19.6. The summed E-state index contributed by atoms with van der Waals surface area (Å²) in [5.41, 5.74) is 4.77. The summed E-state index contributed by atoms with van der Waals surface area (Å²) in [6.45, 7) is 12.1. The van der Waals surface area contributed by atoms with Crippen LogP contribution in [0.25, 0.3) is 0 Å². The molecular weight excluding hydrogens is 370 g/mol. The average molecular weight is 393 g/mol. The Morgan fingerprint density at radius 1 is 1.05 bits per heavy atom. The maximum absolute atomic E-state index is 2.54. The van der Waals surface area contributed by atoms with Crippen LogP contribution >= 0.6 is 0 Å². The molecule has 2 aliphatic carbocycles. The van der Waals surface area contributed by atoms with Gasteiger partial charge in [0.1, 0.15) is 0 Å². The maximum atomic E-state index is 2.54. The van der Waals surface area contributed by atoms with E-state index in [-0.39, 0.29) is 30.2 Å². The Bertz CT molecular complexity index is 518. The van der Waals surface area contributed by atoms with Crippen molar-refractivity contribution >= 4 is 5.43 Å². The third kappa shape index (κ3) is 4.06. The van der Waals surface area contributed by atoms with Gasteiger partial charge in [-0.25, -0.2) is 0 Å². The van der Waals surface area contributed by atoms with Crippen molar-refractivity contribution in [1.82, 2.24) is 0 Å². The largest absolute Gasteiger partial charge is 1.00 e. The molecule has 2 rings (SSSR count). The second-order valence-electron chi connectivity index (χ2n) is 5.38. The Kier molecular flexibility index (Phi) is 8.45. The zero-order valence-corrected chi connectivity index (χ0v) is 17.4. The van der Waals surface area contributed by atoms with Crippen LogP contribution in [-0.2, 0) is 20.4 Å². The Morgan fingerprint density at radius 2 is 1.68 bits per heavy atom. The van der Waals surface area contributed by atoms with Gasteiger partial charge in [-0.2, -0.15) is 0 Å². The molecule has 0 amide bonds. The summed E-state index contributed by atoms with van der Waals surface area (Å²) in [6.07, 6.45) is 9.63. The Hall–Kier alpha value is 0.640. The van der Waals surface area contributed by atoms with Crippen LogP contribution in [0.2, 0.25) is 13.1 Å². The Labute approximate surface area is 138 Å². The van der Waals surface area contributed by atoms with E-state index in [1.54, 1.807) is 16.7 Å². The van der Waals surface area contributed by atoms with E-state index in [1.165, 1.54) is 12.8 Å². The van der Waals surface area contributed by atoms with Crippen LogP contribution in [0.15, 0.2) is 41.5 Å². The van der Waals surface area contributed by atoms with Gasteiger partial charge in [0.15, 0.2) is 0 Å². The molecule has 0 heterocycles. The molecule has 0 saturated heterocycles. The first-order valence-electron chi connectivity index (χ1n) is 6.42. The number of hydrogen-bond acceptors (Lipinski definition) is 0. The predicted octanol–water partition coefficient (Wildman–Crippen LogP) is -1.28. The SMILES string of the molecule is CC1=C(C)C(C)=[C]([Zr+2]([C]2=CC=CC2)=[Si](C)C)C1.[Cl-].[Cl-]. The van der Waals surface area contributed by atoms with Gasteiger partial charge in [0.05, 0.1) is 0 Å². The molecule has 0 aromatic heterocycles. The van der Waals surface area contributed by atoms with Crippen molar-refractivity contribution in [2.45, 2.75) is 46.7 Å². The molecule has 4 heteroatoms. The molecule has 0 aliphatic heterocycles. The van der Waals surface area contributed by atoms with E-state index in [0.29, 0.717) is 0 Å². The van der Waals surface area contributed by atoms with Crippen LogP contribution in [0.4, 0.5) is 0 Å². The van der Waals surface area contributed by atoms with Gasteiger partial charge in [0.2, 0.25) is 0 Å². The molecule has 0 N–H and O–H groups in total. The molecule has 104 valence electrons. The van der Waals surface area contributed by atoms with E-state index >= 15 is 0 Å². The molecule has 0 nitrogen and oxygen atoms in total. The molecular formula is C15H22Cl2SiZr. The summed E-state index contributed by atoms with van der Waals surface area (Å²) in [5, 5.41) is 0. The van der Waals surface area contributed by atoms with Crippen LogP contribution in [0.3, 0.4) is 0 Å². The van der Waals surface area contributed by atoms with Gasteiger partial charge in [0.25, 0.3) is 0 Å². The van der Waals surface area contributed by atoms with Gasteiger partial charge < -0.3 is 24.8 Å². The second-order valence-corrected chi connectivity index (χ2v) is 22.6. The minimum Gasteiger partial charge on any atom is -1.00 e. The van der Waals surface area contributed by atoms with Gasteiger partial charge in [-0.15, -0.1) is 0 Å². The standard InChI is InChI=1S/C8H11.C5H5.C2H6Si.2ClH.Zr/c1-6-4-5-7(2)8(6)3;1-2-4-5-3-1;1-3-2;;;/h4H2,1-3H3;1-3H,4H2;1-2H3;2*1H;/q;;;;;+2/p-2. The summed E-state index contributed by atoms with van der Waals surface area (Å²) < 4.78 is 3.76. The van der Waals surface area contributed by atoms with Gasteiger partial charge in [0, 0.05) is 0 Å². The van der Waals surface area contributed by atoms with Crippen molar-refractivity contribution in [3.63, 3.8) is 0 Å². The van der Waals surface area contributed by atoms with Crippen molar-refractivity contribution in [3.05, 3.63) is 41.5 Å². The van der Waals surface area contributed by atoms with Gasteiger partial charge in [-0.1, -0.05) is 0 Å². The molecule has 19 heavy (non-hydrogen) atoms. The molecule has 0 spiro atoms. The second kappa shape index (κ2) is 8.17. The van der Waals surface area contributed by atoms with E-state index in [0.717, 1.165) is 0 Å². The zero-order valence-electron chi connectivity index (χ0n) is 12.4. The molecule has 2 aliphatic rings. The number of allylic oxidation sites excluding steroid dienone is 8. The molecule has 0 fully saturated rings. The third-order valence-electron chi connectivity index (χ3n) is 3.99. The van der Waals surface area contributed by atoms with Crippen molar-refractivity contribution < 1.29 is 45.2 Å². The fraction of sp³-hybridized carbons (Fsp3) is 0.467. The van der Waals surface area contributed by atoms with E-state index in [9.17, 15) is 0 Å². The van der Waals surface area contributed by atoms with E-state index < -0.39 is 20.4 Å². The van der Waals surface area contributed by atoms with Gasteiger partial charge in [-0.3, -0.25) is 0 Å². The van der Waals surface area contributed by atoms with Crippen LogP contribution < -0.4 is 24.8 Å². The number of hydrogen-bond donors (Lipinski definition) is 0. The fourth-order valence-electron chi connectivity index (χ4n) is 2.80. The first-order chi connectivity index (χ1) is 8.02. The molecule has 0 bridgehead atoms. The van der Waals surface area contributed by atoms with E-state index in [1.807, 2.05) is 6.56 Å². The van der Waals surface area contributed by atoms with Gasteiger partial charge >= 0.3 is 114 Å². The average Bonchev–Trinajstić information content (AvgIpc) is 2.85. The minimum absolute atomic E-state index is 0. The summed E-state index contributed by atoms with van der Waals surface area (Å²) in [7, 11) is 0. The smallest absolute Gasteiger partial charge is 1.00 e. The normalized spacial score (nSPS) is 16.7. The third-order valence-corrected chi connectivity index (χ3v) is 21.4. The van der Waals surface area contributed by atoms with Crippen molar-refractivity contribution in [1.29, 1.82) is 0 Å². The number of halogens is 2. The van der Waals surface area contributed by atoms with Crippen LogP contribution in [0.5, 0.6) is 0 Å². The van der Waals surface area contributed by atoms with Gasteiger partial charge in [-0.05, 0) is 0 Å². The monoisotopic (exact) mass is 390 g/mol. The zero-order chi connectivity index (χ0) is 12.6. The van der Waals surface area contributed by atoms with E-state index in [4.69, 9.17) is 0 Å². The molecule has 0 atom stereocenters. The van der Waals surface area contributed by atoms with Crippen LogP contribution in [0, 0.1) is 0 Å². The fourth-order valence-corrected chi connectivity index (χ4v) is 20.8. The Morgan fingerprint density at radius 3 is 2.05 bits per heavy atom. The minimum atomic E-state index is -1.46. The summed E-state index contributed by atoms with van der Waals surface area (Å²) in [6, 6.07) is 0. The predicted molar refractivity (Wildman–Crippen MR) is 75.0 cm³/mol. The molecule has 0 unspecified atom stereocenters. The molecule has 0 radical (unpaired) electrons. The molecule has 0 aromatic carbocycles. The van der Waals surface area contributed by atoms with Crippen molar-refractivity contribution in [3.8, 4) is 0 Å². The number of rotatable bonds is 2. The van der Waals surface area contributed by atoms with Crippen LogP contribution in [-0.4, -0.2) is 5.43 Å². The topological polar surface area (TPSA) is 0 Å². The summed E-state index contributed by atoms with van der Waals surface area (Å²) >= 11 is -1.46. The molecule has 0 aromatic rings. The van der Waals surface area contributed by atoms with Crippen molar-refractivity contribution in [2.75, 3.05) is 0 Å². The summed E-state index contributed by atoms with van der Waals surface area (Å²) in [4.78, 5) is 0. The maximum Gasteiger partial charge on any atom is -1.00 e. The van der Waals surface area contributed by atoms with E-state index in [2.05, 4.69) is 52.1 Å². The quantitative estimate of drug-likeness (QED) is 0.514. The van der Waals surface area contributed by atoms with Crippen molar-refractivity contribution in [2.24, 2.45) is 0 Å². The first-order valence-corrected chi connectivity index (χ1v) is 15.1. The Balaban J connectivity index is 0.00000162.